The van der Waals surface area contributed by atoms with Crippen LogP contribution in [0.1, 0.15) is 6.42 Å². The molecule has 0 spiro atoms. The van der Waals surface area contributed by atoms with Gasteiger partial charge in [0.2, 0.25) is 0 Å². The minimum absolute atomic E-state index is 0.0830. The summed E-state index contributed by atoms with van der Waals surface area (Å²) in [5.41, 5.74) is 5.39. The number of hydrogen-bond donors (Lipinski definition) is 2. The molecule has 0 aliphatic rings. The van der Waals surface area contributed by atoms with E-state index in [2.05, 4.69) is 4.72 Å². The molecule has 0 saturated heterocycles. The van der Waals surface area contributed by atoms with Crippen molar-refractivity contribution in [2.24, 2.45) is 5.73 Å². The Morgan fingerprint density at radius 1 is 1.44 bits per heavy atom. The molecule has 5 nitrogen and oxygen atoms in total. The molecule has 0 unspecified atom stereocenters. The van der Waals surface area contributed by atoms with Crippen LogP contribution in [0, 0.1) is 5.82 Å². The highest BCUT2D eigenvalue weighted by Gasteiger charge is 2.17. The van der Waals surface area contributed by atoms with E-state index in [1.165, 1.54) is 13.1 Å². The molecule has 1 aromatic rings. The van der Waals surface area contributed by atoms with Crippen molar-refractivity contribution in [3.63, 3.8) is 0 Å². The Morgan fingerprint density at radius 3 is 2.67 bits per heavy atom. The van der Waals surface area contributed by atoms with Crippen molar-refractivity contribution in [1.82, 2.24) is 4.31 Å². The van der Waals surface area contributed by atoms with Crippen molar-refractivity contribution >= 4 is 27.5 Å². The first-order chi connectivity index (χ1) is 8.35. The maximum atomic E-state index is 13.1. The number of rotatable bonds is 6. The van der Waals surface area contributed by atoms with Crippen LogP contribution in [0.5, 0.6) is 0 Å². The lowest BCUT2D eigenvalue weighted by Crippen LogP contribution is -2.34. The van der Waals surface area contributed by atoms with Crippen LogP contribution in [0.3, 0.4) is 0 Å². The average Bonchev–Trinajstić information content (AvgIpc) is 2.23. The van der Waals surface area contributed by atoms with Gasteiger partial charge in [0, 0.05) is 18.6 Å². The van der Waals surface area contributed by atoms with E-state index in [0.29, 0.717) is 13.0 Å². The minimum Gasteiger partial charge on any atom is -0.330 e. The molecule has 18 heavy (non-hydrogen) atoms. The van der Waals surface area contributed by atoms with Gasteiger partial charge in [0.1, 0.15) is 5.82 Å². The van der Waals surface area contributed by atoms with E-state index in [1.54, 1.807) is 0 Å². The van der Waals surface area contributed by atoms with Gasteiger partial charge >= 0.3 is 10.2 Å². The summed E-state index contributed by atoms with van der Waals surface area (Å²) in [6, 6.07) is 3.48. The van der Waals surface area contributed by atoms with Gasteiger partial charge in [-0.3, -0.25) is 4.72 Å². The van der Waals surface area contributed by atoms with Gasteiger partial charge in [0.05, 0.1) is 5.69 Å². The quantitative estimate of drug-likeness (QED) is 0.833. The summed E-state index contributed by atoms with van der Waals surface area (Å²) < 4.78 is 40.1. The van der Waals surface area contributed by atoms with Gasteiger partial charge in [-0.05, 0) is 31.2 Å². The zero-order chi connectivity index (χ0) is 13.8. The highest BCUT2D eigenvalue weighted by atomic mass is 35.5. The smallest absolute Gasteiger partial charge is 0.301 e. The summed E-state index contributed by atoms with van der Waals surface area (Å²) in [6.45, 7) is 0.681. The van der Waals surface area contributed by atoms with E-state index in [1.807, 2.05) is 0 Å². The topological polar surface area (TPSA) is 75.4 Å². The van der Waals surface area contributed by atoms with Crippen LogP contribution in [0.2, 0.25) is 5.02 Å². The molecule has 0 heterocycles. The second-order valence-corrected chi connectivity index (χ2v) is 5.94. The summed E-state index contributed by atoms with van der Waals surface area (Å²) in [7, 11) is -2.30. The predicted molar refractivity (Wildman–Crippen MR) is 70.3 cm³/mol. The van der Waals surface area contributed by atoms with Crippen LogP contribution in [0.4, 0.5) is 10.1 Å². The third-order valence-electron chi connectivity index (χ3n) is 2.20. The maximum Gasteiger partial charge on any atom is 0.301 e. The zero-order valence-corrected chi connectivity index (χ0v) is 11.4. The van der Waals surface area contributed by atoms with Crippen molar-refractivity contribution in [1.29, 1.82) is 0 Å². The van der Waals surface area contributed by atoms with Crippen molar-refractivity contribution in [2.45, 2.75) is 6.42 Å². The number of anilines is 1. The zero-order valence-electron chi connectivity index (χ0n) is 9.86. The third-order valence-corrected chi connectivity index (χ3v) is 3.91. The average molecular weight is 296 g/mol. The summed E-state index contributed by atoms with van der Waals surface area (Å²) in [6.07, 6.45) is 0.543. The molecule has 102 valence electrons. The van der Waals surface area contributed by atoms with Gasteiger partial charge in [-0.2, -0.15) is 12.7 Å². The fourth-order valence-electron chi connectivity index (χ4n) is 1.27. The lowest BCUT2D eigenvalue weighted by molar-refractivity contribution is 0.468. The highest BCUT2D eigenvalue weighted by molar-refractivity contribution is 7.90. The first-order valence-electron chi connectivity index (χ1n) is 5.25. The normalized spacial score (nSPS) is 11.8. The molecular formula is C10H15ClFN3O2S. The Labute approximate surface area is 111 Å². The Morgan fingerprint density at radius 2 is 2.11 bits per heavy atom. The van der Waals surface area contributed by atoms with Crippen LogP contribution in [0.15, 0.2) is 18.2 Å². The second kappa shape index (κ2) is 6.33. The molecule has 0 amide bonds. The molecule has 1 aromatic carbocycles. The van der Waals surface area contributed by atoms with E-state index < -0.39 is 16.0 Å². The van der Waals surface area contributed by atoms with Crippen LogP contribution in [0.25, 0.3) is 0 Å². The SMILES string of the molecule is CN(CCCN)S(=O)(=O)Nc1cc(F)cc(Cl)c1. The van der Waals surface area contributed by atoms with Crippen molar-refractivity contribution in [3.05, 3.63) is 29.0 Å². The summed E-state index contributed by atoms with van der Waals surface area (Å²) in [4.78, 5) is 0. The molecule has 0 saturated carbocycles. The van der Waals surface area contributed by atoms with Crippen LogP contribution < -0.4 is 10.5 Å². The van der Waals surface area contributed by atoms with Gasteiger partial charge in [0.25, 0.3) is 0 Å². The molecular weight excluding hydrogens is 281 g/mol. The number of nitrogens with two attached hydrogens (primary N) is 1. The second-order valence-electron chi connectivity index (χ2n) is 3.73. The van der Waals surface area contributed by atoms with E-state index in [9.17, 15) is 12.8 Å². The lowest BCUT2D eigenvalue weighted by atomic mass is 10.3. The van der Waals surface area contributed by atoms with Crippen LogP contribution in [-0.2, 0) is 10.2 Å². The minimum atomic E-state index is -3.72. The van der Waals surface area contributed by atoms with Gasteiger partial charge in [0.15, 0.2) is 0 Å². The summed E-state index contributed by atoms with van der Waals surface area (Å²) >= 11 is 5.64. The van der Waals surface area contributed by atoms with Crippen molar-refractivity contribution in [2.75, 3.05) is 24.9 Å². The lowest BCUT2D eigenvalue weighted by Gasteiger charge is -2.18. The van der Waals surface area contributed by atoms with E-state index >= 15 is 0 Å². The predicted octanol–water partition coefficient (Wildman–Crippen LogP) is 1.42. The maximum absolute atomic E-state index is 13.1. The van der Waals surface area contributed by atoms with Crippen LogP contribution >= 0.6 is 11.6 Å². The Bertz CT molecular complexity index is 490. The first kappa shape index (κ1) is 15.2. The molecule has 1 rings (SSSR count). The summed E-state index contributed by atoms with van der Waals surface area (Å²) in [5, 5.41) is 0.123. The van der Waals surface area contributed by atoms with Crippen LogP contribution in [-0.4, -0.2) is 32.9 Å². The number of nitrogens with one attached hydrogen (secondary N) is 1. The Hall–Kier alpha value is -0.890. The van der Waals surface area contributed by atoms with Crippen molar-refractivity contribution < 1.29 is 12.8 Å². The number of hydrogen-bond acceptors (Lipinski definition) is 3. The Kier molecular flexibility index (Phi) is 5.33. The molecule has 0 atom stereocenters. The molecule has 0 bridgehead atoms. The van der Waals surface area contributed by atoms with Gasteiger partial charge in [-0.25, -0.2) is 4.39 Å². The largest absolute Gasteiger partial charge is 0.330 e. The third kappa shape index (κ3) is 4.41. The number of nitrogens with zero attached hydrogens (tertiary/aromatic N) is 1. The van der Waals surface area contributed by atoms with Gasteiger partial charge in [-0.15, -0.1) is 0 Å². The molecule has 0 fully saturated rings. The number of halogens is 2. The van der Waals surface area contributed by atoms with E-state index in [0.717, 1.165) is 16.4 Å². The van der Waals surface area contributed by atoms with Gasteiger partial charge in [-0.1, -0.05) is 11.6 Å². The molecule has 8 heteroatoms. The molecule has 0 radical (unpaired) electrons. The molecule has 3 N–H and O–H groups in total. The molecule has 0 aliphatic carbocycles. The van der Waals surface area contributed by atoms with E-state index in [-0.39, 0.29) is 17.3 Å². The summed E-state index contributed by atoms with van der Waals surface area (Å²) in [5.74, 6) is -0.607. The first-order valence-corrected chi connectivity index (χ1v) is 7.07. The van der Waals surface area contributed by atoms with Crippen molar-refractivity contribution in [3.8, 4) is 0 Å². The molecule has 0 aromatic heterocycles. The standard InChI is InChI=1S/C10H15ClFN3O2S/c1-15(4-2-3-13)18(16,17)14-10-6-8(11)5-9(12)7-10/h5-7,14H,2-4,13H2,1H3. The van der Waals surface area contributed by atoms with E-state index in [4.69, 9.17) is 17.3 Å². The highest BCUT2D eigenvalue weighted by Crippen LogP contribution is 2.19. The molecule has 0 aliphatic heterocycles. The monoisotopic (exact) mass is 295 g/mol. The number of benzene rings is 1. The fourth-order valence-corrected chi connectivity index (χ4v) is 2.44. The van der Waals surface area contributed by atoms with Gasteiger partial charge < -0.3 is 5.73 Å². The fraction of sp³-hybridized carbons (Fsp3) is 0.400. The Balaban J connectivity index is 2.81.